The summed E-state index contributed by atoms with van der Waals surface area (Å²) in [4.78, 5) is 12.5. The molecule has 6 nitrogen and oxygen atoms in total. The molecule has 0 radical (unpaired) electrons. The first-order valence-corrected chi connectivity index (χ1v) is 8.44. The second-order valence-electron chi connectivity index (χ2n) is 6.46. The fourth-order valence-electron chi connectivity index (χ4n) is 3.48. The molecule has 6 heteroatoms. The van der Waals surface area contributed by atoms with Gasteiger partial charge in [0.25, 0.3) is 0 Å². The van der Waals surface area contributed by atoms with Gasteiger partial charge in [-0.1, -0.05) is 18.2 Å². The van der Waals surface area contributed by atoms with Gasteiger partial charge in [-0.3, -0.25) is 4.68 Å². The van der Waals surface area contributed by atoms with Gasteiger partial charge >= 0.3 is 0 Å². The van der Waals surface area contributed by atoms with Crippen LogP contribution >= 0.6 is 0 Å². The lowest BCUT2D eigenvalue weighted by Crippen LogP contribution is -2.23. The van der Waals surface area contributed by atoms with E-state index in [4.69, 9.17) is 0 Å². The molecule has 2 N–H and O–H groups in total. The number of aromatic nitrogens is 5. The van der Waals surface area contributed by atoms with Gasteiger partial charge < -0.3 is 10.3 Å². The lowest BCUT2D eigenvalue weighted by molar-refractivity contribution is 0.644. The molecule has 0 bridgehead atoms. The maximum atomic E-state index is 4.64. The third-order valence-corrected chi connectivity index (χ3v) is 4.77. The van der Waals surface area contributed by atoms with E-state index < -0.39 is 0 Å². The molecule has 0 amide bonds. The summed E-state index contributed by atoms with van der Waals surface area (Å²) in [6.07, 6.45) is 6.65. The van der Waals surface area contributed by atoms with E-state index in [0.717, 1.165) is 47.6 Å². The van der Waals surface area contributed by atoms with Crippen LogP contribution in [0.5, 0.6) is 0 Å². The van der Waals surface area contributed by atoms with Crippen molar-refractivity contribution in [2.75, 3.05) is 6.54 Å². The van der Waals surface area contributed by atoms with Gasteiger partial charge in [0.15, 0.2) is 5.65 Å². The van der Waals surface area contributed by atoms with Crippen molar-refractivity contribution >= 4 is 11.2 Å². The first kappa shape index (κ1) is 14.4. The van der Waals surface area contributed by atoms with Gasteiger partial charge in [0.1, 0.15) is 5.82 Å². The first-order valence-electron chi connectivity index (χ1n) is 8.44. The highest BCUT2D eigenvalue weighted by Gasteiger charge is 2.14. The average molecular weight is 330 g/mol. The first-order chi connectivity index (χ1) is 12.3. The average Bonchev–Trinajstić information content (AvgIpc) is 3.27. The van der Waals surface area contributed by atoms with Crippen molar-refractivity contribution in [1.29, 1.82) is 0 Å². The fraction of sp³-hybridized carbons (Fsp3) is 0.211. The molecule has 0 atom stereocenters. The number of nitrogens with one attached hydrogen (secondary N) is 2. The topological polar surface area (TPSA) is 71.4 Å². The van der Waals surface area contributed by atoms with Crippen molar-refractivity contribution in [3.05, 3.63) is 54.0 Å². The molecule has 0 unspecified atom stereocenters. The fourth-order valence-corrected chi connectivity index (χ4v) is 3.48. The molecule has 3 aromatic heterocycles. The zero-order valence-corrected chi connectivity index (χ0v) is 14.0. The van der Waals surface area contributed by atoms with Crippen LogP contribution in [-0.2, 0) is 20.0 Å². The van der Waals surface area contributed by atoms with Crippen molar-refractivity contribution in [3.8, 4) is 22.5 Å². The highest BCUT2D eigenvalue weighted by atomic mass is 15.2. The van der Waals surface area contributed by atoms with Crippen molar-refractivity contribution < 1.29 is 0 Å². The summed E-state index contributed by atoms with van der Waals surface area (Å²) in [5.74, 6) is 0.796. The lowest BCUT2D eigenvalue weighted by atomic mass is 9.95. The van der Waals surface area contributed by atoms with Gasteiger partial charge in [0.2, 0.25) is 0 Å². The Morgan fingerprint density at radius 2 is 2.08 bits per heavy atom. The second kappa shape index (κ2) is 5.53. The quantitative estimate of drug-likeness (QED) is 0.593. The Kier molecular flexibility index (Phi) is 3.18. The van der Waals surface area contributed by atoms with E-state index in [0.29, 0.717) is 0 Å². The third kappa shape index (κ3) is 2.42. The van der Waals surface area contributed by atoms with E-state index in [1.807, 2.05) is 25.6 Å². The Bertz CT molecular complexity index is 1070. The largest absolute Gasteiger partial charge is 0.336 e. The van der Waals surface area contributed by atoms with E-state index in [2.05, 4.69) is 49.6 Å². The third-order valence-electron chi connectivity index (χ3n) is 4.77. The number of aromatic amines is 1. The van der Waals surface area contributed by atoms with Crippen LogP contribution in [0.15, 0.2) is 42.9 Å². The summed E-state index contributed by atoms with van der Waals surface area (Å²) in [5.41, 5.74) is 7.81. The van der Waals surface area contributed by atoms with Gasteiger partial charge in [-0.05, 0) is 35.7 Å². The zero-order valence-electron chi connectivity index (χ0n) is 14.0. The molecule has 1 aromatic carbocycles. The van der Waals surface area contributed by atoms with Gasteiger partial charge in [0, 0.05) is 31.5 Å². The van der Waals surface area contributed by atoms with Gasteiger partial charge in [-0.2, -0.15) is 5.10 Å². The molecule has 4 heterocycles. The second-order valence-corrected chi connectivity index (χ2v) is 6.46. The Hall–Kier alpha value is -2.99. The summed E-state index contributed by atoms with van der Waals surface area (Å²) in [5, 5.41) is 7.64. The van der Waals surface area contributed by atoms with E-state index >= 15 is 0 Å². The van der Waals surface area contributed by atoms with Crippen LogP contribution in [0.1, 0.15) is 11.1 Å². The number of hydrogen-bond donors (Lipinski definition) is 2. The van der Waals surface area contributed by atoms with Crippen LogP contribution in [-0.4, -0.2) is 31.3 Å². The number of aryl methyl sites for hydroxylation is 1. The summed E-state index contributed by atoms with van der Waals surface area (Å²) in [6.45, 7) is 1.99. The normalized spacial score (nSPS) is 14.0. The standard InChI is InChI=1S/C19H18N6/c1-25-11-15(10-22-25)18-23-17-16(5-7-21-19(17)24-18)13-2-3-14-9-20-6-4-12(14)8-13/h2-3,5,7-8,10-11,20H,4,6,9H2,1H3,(H,21,23,24). The number of fused-ring (bicyclic) bond motifs is 2. The number of pyridine rings is 1. The molecule has 0 saturated heterocycles. The Balaban J connectivity index is 1.65. The molecule has 0 fully saturated rings. The minimum absolute atomic E-state index is 0.732. The summed E-state index contributed by atoms with van der Waals surface area (Å²) in [7, 11) is 1.90. The maximum Gasteiger partial charge on any atom is 0.178 e. The van der Waals surface area contributed by atoms with Gasteiger partial charge in [-0.25, -0.2) is 9.97 Å². The number of benzene rings is 1. The predicted octanol–water partition coefficient (Wildman–Crippen LogP) is 2.67. The molecule has 25 heavy (non-hydrogen) atoms. The number of hydrogen-bond acceptors (Lipinski definition) is 4. The lowest BCUT2D eigenvalue weighted by Gasteiger charge is -2.18. The maximum absolute atomic E-state index is 4.64. The molecule has 0 spiro atoms. The summed E-state index contributed by atoms with van der Waals surface area (Å²) >= 11 is 0. The number of nitrogens with zero attached hydrogens (tertiary/aromatic N) is 4. The Morgan fingerprint density at radius 1 is 1.12 bits per heavy atom. The monoisotopic (exact) mass is 330 g/mol. The molecule has 0 aliphatic carbocycles. The van der Waals surface area contributed by atoms with Crippen molar-refractivity contribution in [3.63, 3.8) is 0 Å². The van der Waals surface area contributed by atoms with Gasteiger partial charge in [0.05, 0.1) is 17.3 Å². The SMILES string of the molecule is Cn1cc(-c2nc3nccc(-c4ccc5c(c4)CCNC5)c3[nH]2)cn1. The molecule has 5 rings (SSSR count). The van der Waals surface area contributed by atoms with Gasteiger partial charge in [-0.15, -0.1) is 0 Å². The van der Waals surface area contributed by atoms with Crippen molar-refractivity contribution in [2.45, 2.75) is 13.0 Å². The molecular weight excluding hydrogens is 312 g/mol. The predicted molar refractivity (Wildman–Crippen MR) is 96.9 cm³/mol. The molecule has 0 saturated carbocycles. The smallest absolute Gasteiger partial charge is 0.178 e. The van der Waals surface area contributed by atoms with Crippen LogP contribution in [0.4, 0.5) is 0 Å². The number of rotatable bonds is 2. The van der Waals surface area contributed by atoms with E-state index in [9.17, 15) is 0 Å². The number of imidazole rings is 1. The molecule has 1 aliphatic heterocycles. The molecular formula is C19H18N6. The number of H-pyrrole nitrogens is 1. The van der Waals surface area contributed by atoms with Crippen LogP contribution in [0.2, 0.25) is 0 Å². The summed E-state index contributed by atoms with van der Waals surface area (Å²) < 4.78 is 1.77. The Morgan fingerprint density at radius 3 is 2.96 bits per heavy atom. The molecule has 4 aromatic rings. The summed E-state index contributed by atoms with van der Waals surface area (Å²) in [6, 6.07) is 8.76. The van der Waals surface area contributed by atoms with Crippen LogP contribution in [0.25, 0.3) is 33.7 Å². The van der Waals surface area contributed by atoms with E-state index in [-0.39, 0.29) is 0 Å². The molecule has 124 valence electrons. The molecule has 1 aliphatic rings. The van der Waals surface area contributed by atoms with Crippen molar-refractivity contribution in [1.82, 2.24) is 30.0 Å². The minimum atomic E-state index is 0.732. The van der Waals surface area contributed by atoms with Crippen molar-refractivity contribution in [2.24, 2.45) is 7.05 Å². The van der Waals surface area contributed by atoms with E-state index in [1.54, 1.807) is 4.68 Å². The zero-order chi connectivity index (χ0) is 16.8. The van der Waals surface area contributed by atoms with E-state index in [1.165, 1.54) is 16.7 Å². The highest BCUT2D eigenvalue weighted by Crippen LogP contribution is 2.30. The Labute approximate surface area is 144 Å². The van der Waals surface area contributed by atoms with Crippen LogP contribution < -0.4 is 5.32 Å². The minimum Gasteiger partial charge on any atom is -0.336 e. The van der Waals surface area contributed by atoms with Crippen LogP contribution in [0, 0.1) is 0 Å². The van der Waals surface area contributed by atoms with Crippen LogP contribution in [0.3, 0.4) is 0 Å². The highest BCUT2D eigenvalue weighted by molar-refractivity contribution is 5.91.